The van der Waals surface area contributed by atoms with Gasteiger partial charge in [0.05, 0.1) is 97.2 Å². The Balaban J connectivity index is 0.000000120. The molecule has 0 saturated carbocycles. The summed E-state index contributed by atoms with van der Waals surface area (Å²) in [4.78, 5) is 37.1. The molecule has 7 aromatic heterocycles. The van der Waals surface area contributed by atoms with Crippen LogP contribution in [0, 0.1) is 108 Å². The van der Waals surface area contributed by atoms with Gasteiger partial charge in [0.25, 0.3) is 5.82 Å². The van der Waals surface area contributed by atoms with Crippen LogP contribution < -0.4 is 4.74 Å². The maximum absolute atomic E-state index is 9.87. The van der Waals surface area contributed by atoms with E-state index in [0.717, 1.165) is 194 Å². The van der Waals surface area contributed by atoms with Gasteiger partial charge in [0, 0.05) is 55.6 Å². The van der Waals surface area contributed by atoms with Gasteiger partial charge in [-0.3, -0.25) is 0 Å². The van der Waals surface area contributed by atoms with Gasteiger partial charge in [0.15, 0.2) is 34.1 Å². The average molecular weight is 1810 g/mol. The highest BCUT2D eigenvalue weighted by molar-refractivity contribution is 7.17. The number of rotatable bonds is 7. The molecule has 1 aliphatic heterocycles. The smallest absolute Gasteiger partial charge is 0.273 e. The third kappa shape index (κ3) is 20.0. The second-order valence-corrected chi connectivity index (χ2v) is 33.5. The monoisotopic (exact) mass is 1810 g/mol. The Morgan fingerprint density at radius 1 is 0.370 bits per heavy atom. The number of aryl methyl sites for hydroxylation is 9. The zero-order valence-corrected chi connectivity index (χ0v) is 75.7. The van der Waals surface area contributed by atoms with E-state index in [4.69, 9.17) is 64.0 Å². The molecule has 13 aromatic carbocycles. The highest BCUT2D eigenvalue weighted by Crippen LogP contribution is 2.46. The van der Waals surface area contributed by atoms with E-state index in [0.29, 0.717) is 57.8 Å². The molecule has 0 spiro atoms. The molecule has 0 unspecified atom stereocenters. The Hall–Kier alpha value is -18.3. The number of ether oxygens (including phenoxy) is 1. The Bertz CT molecular complexity index is 7770. The molecule has 135 heavy (non-hydrogen) atoms. The van der Waals surface area contributed by atoms with Crippen LogP contribution in [0.1, 0.15) is 55.8 Å². The standard InChI is InChI=1S/2C17H13NO2.C16H13NO2.C16H11NO2.2C15H10N2OS.C14H10N4O/c1-10-4-5-12(6-16(10)19)15-8-13(18-3)7-14-11(2)9-20-17(14)15;1-10-4-5-12(8-16(10)19)15-9-14(18-3)7-13-6-11(2)20-17(13)15;1-10-3-4-11(8-15(10)18)14-9-13(17-2)7-12-5-6-19-16(12)14;1-10-3-4-11(7-15(10)18)14-8-12(17-2)9-16-13(14)5-6-19-16;1-9-3-4-10(5-14(9)18)12-6-11(16-2)7-13-15(12)19-8-17-13;1-9-3-4-10(5-13(9)18)12-6-11(16-2)7-14-15(12)17-8-19-14;1-9-3-4-10(7-12(9)19)11-8-13(15-2)17-14-5-6-16-18(11)14/h2*4-9,19H,1-2H3;3-4,7-9,18H,5-6H2,1H3;3-9,18H,1H3;2*3-8,18H,1H3;3-8,19H,1H3. The van der Waals surface area contributed by atoms with Crippen LogP contribution in [0.2, 0.25) is 0 Å². The van der Waals surface area contributed by atoms with Crippen molar-refractivity contribution in [3.05, 3.63) is 390 Å². The summed E-state index contributed by atoms with van der Waals surface area (Å²) in [6.45, 7) is 67.6. The summed E-state index contributed by atoms with van der Waals surface area (Å²) in [5.41, 5.74) is 31.4. The molecule has 0 saturated heterocycles. The summed E-state index contributed by atoms with van der Waals surface area (Å²) >= 11 is 3.06. The lowest BCUT2D eigenvalue weighted by Crippen LogP contribution is -1.95. The predicted octanol–water partition coefficient (Wildman–Crippen LogP) is 30.5. The first kappa shape index (κ1) is 91.5. The van der Waals surface area contributed by atoms with E-state index < -0.39 is 0 Å². The van der Waals surface area contributed by atoms with Gasteiger partial charge >= 0.3 is 0 Å². The number of fused-ring (bicyclic) bond motifs is 7. The summed E-state index contributed by atoms with van der Waals surface area (Å²) in [6, 6.07) is 67.5. The van der Waals surface area contributed by atoms with Crippen molar-refractivity contribution in [2.75, 3.05) is 6.61 Å². The molecule has 21 rings (SSSR count). The van der Waals surface area contributed by atoms with E-state index in [1.54, 1.807) is 124 Å². The largest absolute Gasteiger partial charge is 0.508 e. The first-order chi connectivity index (χ1) is 65.1. The van der Waals surface area contributed by atoms with Gasteiger partial charge in [-0.2, -0.15) is 9.61 Å². The molecule has 0 aliphatic carbocycles. The fourth-order valence-electron chi connectivity index (χ4n) is 15.1. The van der Waals surface area contributed by atoms with E-state index in [9.17, 15) is 35.7 Å². The molecule has 0 radical (unpaired) electrons. The van der Waals surface area contributed by atoms with Crippen molar-refractivity contribution in [3.8, 4) is 124 Å². The lowest BCUT2D eigenvalue weighted by Gasteiger charge is -2.10. The molecule has 0 amide bonds. The molecule has 25 heteroatoms. The van der Waals surface area contributed by atoms with Crippen LogP contribution >= 0.6 is 22.7 Å². The quantitative estimate of drug-likeness (QED) is 0.0731. The van der Waals surface area contributed by atoms with Crippen molar-refractivity contribution in [2.45, 2.75) is 68.7 Å². The predicted molar refractivity (Wildman–Crippen MR) is 533 cm³/mol. The van der Waals surface area contributed by atoms with Gasteiger partial charge in [-0.25, -0.2) is 39.0 Å². The number of hydrogen-bond acceptors (Lipinski definition) is 17. The second-order valence-electron chi connectivity index (χ2n) is 31.7. The lowest BCUT2D eigenvalue weighted by atomic mass is 9.99. The number of thiazole rings is 2. The van der Waals surface area contributed by atoms with Crippen LogP contribution in [0.15, 0.2) is 267 Å². The Kier molecular flexibility index (Phi) is 26.9. The van der Waals surface area contributed by atoms with Crippen LogP contribution in [-0.4, -0.2) is 66.9 Å². The number of hydrogen-bond donors (Lipinski definition) is 7. The molecule has 8 heterocycles. The van der Waals surface area contributed by atoms with Gasteiger partial charge in [0.2, 0.25) is 5.65 Å². The highest BCUT2D eigenvalue weighted by atomic mass is 32.1. The number of phenolic OH excluding ortho intramolecular Hbond substituents is 7. The number of benzene rings is 13. The van der Waals surface area contributed by atoms with Gasteiger partial charge in [-0.05, 0) is 296 Å². The molecule has 0 atom stereocenters. The van der Waals surface area contributed by atoms with E-state index in [1.165, 1.54) is 11.3 Å². The van der Waals surface area contributed by atoms with Crippen LogP contribution in [0.3, 0.4) is 0 Å². The molecule has 0 bridgehead atoms. The molecule has 1 aliphatic rings. The molecule has 7 N–H and O–H groups in total. The Morgan fingerprint density at radius 3 is 1.36 bits per heavy atom. The minimum absolute atomic E-state index is 0.221. The number of aromatic hydroxyl groups is 7. The van der Waals surface area contributed by atoms with Crippen molar-refractivity contribution >= 4 is 122 Å². The number of phenols is 7. The van der Waals surface area contributed by atoms with Crippen molar-refractivity contribution < 1.29 is 53.7 Å². The SMILES string of the molecule is [C-]#[N+]c1cc(-c2ccc(C)c(O)c2)c2ccoc2c1.[C-]#[N+]c1cc(-c2ccc(C)c(O)c2)c2ncsc2c1.[C-]#[N+]c1cc(-c2ccc(C)c(O)c2)c2oc(C)cc2c1.[C-]#[N+]c1cc(-c2ccc(C)c(O)c2)c2occ(C)c2c1.[C-]#[N+]c1cc(-c2ccc(C)c(O)c2)c2scnc2c1.[C-]#[N+]c1cc(-c2ccc(C)c(O)c2)n2nccc2n1.[C-]#[N+]c1cc2c(c(-c3ccc(C)c(O)c3)c1)OCC2. The zero-order chi connectivity index (χ0) is 95.6. The minimum Gasteiger partial charge on any atom is -0.508 e. The maximum Gasteiger partial charge on any atom is 0.273 e. The fraction of sp³-hybridized carbons (Fsp3) is 0.100. The number of aromatic nitrogens is 5. The van der Waals surface area contributed by atoms with Crippen LogP contribution in [-0.2, 0) is 6.42 Å². The van der Waals surface area contributed by atoms with Gasteiger partial charge in [-0.15, -0.1) is 27.7 Å². The molecule has 23 nitrogen and oxygen atoms in total. The Labute approximate surface area is 784 Å². The van der Waals surface area contributed by atoms with Crippen LogP contribution in [0.4, 0.5) is 39.9 Å². The summed E-state index contributed by atoms with van der Waals surface area (Å²) < 4.78 is 26.1. The molecule has 20 aromatic rings. The van der Waals surface area contributed by atoms with Crippen molar-refractivity contribution in [3.63, 3.8) is 0 Å². The summed E-state index contributed by atoms with van der Waals surface area (Å²) in [6.07, 6.45) is 5.77. The number of furan rings is 3. The van der Waals surface area contributed by atoms with Crippen LogP contribution in [0.25, 0.3) is 171 Å². The number of nitrogens with zero attached hydrogens (tertiary/aromatic N) is 12. The third-order valence-corrected chi connectivity index (χ3v) is 24.3. The molecular weight excluding hydrogens is 1730 g/mol. The van der Waals surface area contributed by atoms with Crippen LogP contribution in [0.5, 0.6) is 46.0 Å². The van der Waals surface area contributed by atoms with Crippen molar-refractivity contribution in [1.29, 1.82) is 0 Å². The Morgan fingerprint density at radius 2 is 0.815 bits per heavy atom. The lowest BCUT2D eigenvalue weighted by molar-refractivity contribution is 0.358. The fourth-order valence-corrected chi connectivity index (χ4v) is 16.6. The van der Waals surface area contributed by atoms with Crippen molar-refractivity contribution in [2.24, 2.45) is 0 Å². The minimum atomic E-state index is 0.221. The first-order valence-electron chi connectivity index (χ1n) is 41.8. The first-order valence-corrected chi connectivity index (χ1v) is 43.6. The van der Waals surface area contributed by atoms with E-state index in [2.05, 4.69) is 54.0 Å². The third-order valence-electron chi connectivity index (χ3n) is 22.6. The summed E-state index contributed by atoms with van der Waals surface area (Å²) in [5, 5.41) is 75.9. The molecule has 0 fully saturated rings. The summed E-state index contributed by atoms with van der Waals surface area (Å²) in [5.74, 6) is 3.70. The van der Waals surface area contributed by atoms with E-state index in [1.807, 2.05) is 208 Å². The summed E-state index contributed by atoms with van der Waals surface area (Å²) in [7, 11) is 0. The van der Waals surface area contributed by atoms with E-state index >= 15 is 0 Å². The van der Waals surface area contributed by atoms with Gasteiger partial charge in [-0.1, -0.05) is 91.5 Å². The average Bonchev–Trinajstić information content (AvgIpc) is 1.64. The van der Waals surface area contributed by atoms with Gasteiger partial charge in [0.1, 0.15) is 68.5 Å². The topological polar surface area (TPSA) is 277 Å². The van der Waals surface area contributed by atoms with Crippen molar-refractivity contribution in [1.82, 2.24) is 24.6 Å². The van der Waals surface area contributed by atoms with Gasteiger partial charge < -0.3 is 58.6 Å². The maximum atomic E-state index is 9.87. The zero-order valence-electron chi connectivity index (χ0n) is 74.1. The molecule has 658 valence electrons. The second kappa shape index (κ2) is 39.8. The molecular formula is C110H80N12O11S2. The van der Waals surface area contributed by atoms with E-state index in [-0.39, 0.29) is 40.2 Å². The highest BCUT2D eigenvalue weighted by Gasteiger charge is 2.22. The normalized spacial score (nSPS) is 10.9.